The zero-order chi connectivity index (χ0) is 24.0. The van der Waals surface area contributed by atoms with Gasteiger partial charge in [-0.05, 0) is 36.4 Å². The summed E-state index contributed by atoms with van der Waals surface area (Å²) in [5.74, 6) is 0.599. The Morgan fingerprint density at radius 2 is 1.76 bits per heavy atom. The lowest BCUT2D eigenvalue weighted by Gasteiger charge is -2.18. The number of carbonyl (C=O) groups is 1. The SMILES string of the molecule is CCN(CC)S(=O)(=O)c1cccc(C(=O)OCc2csc(-c3ccc(OC)c(OC)c3)n2)c1. The lowest BCUT2D eigenvalue weighted by Crippen LogP contribution is -2.30. The molecule has 0 atom stereocenters. The van der Waals surface area contributed by atoms with E-state index in [1.807, 2.05) is 12.1 Å². The fourth-order valence-electron chi connectivity index (χ4n) is 3.19. The lowest BCUT2D eigenvalue weighted by atomic mass is 10.2. The first kappa shape index (κ1) is 24.7. The molecule has 1 aromatic heterocycles. The Kier molecular flexibility index (Phi) is 8.06. The maximum atomic E-state index is 12.7. The number of thiazole rings is 1. The van der Waals surface area contributed by atoms with Gasteiger partial charge < -0.3 is 14.2 Å². The quantitative estimate of drug-likeness (QED) is 0.393. The molecule has 1 heterocycles. The highest BCUT2D eigenvalue weighted by atomic mass is 32.2. The molecule has 0 aliphatic rings. The van der Waals surface area contributed by atoms with Crippen LogP contribution in [0.15, 0.2) is 52.7 Å². The molecule has 0 saturated carbocycles. The van der Waals surface area contributed by atoms with Crippen molar-refractivity contribution in [3.63, 3.8) is 0 Å². The molecule has 0 unspecified atom stereocenters. The third kappa shape index (κ3) is 5.52. The standard InChI is InChI=1S/C23H26N2O6S2/c1-5-25(6-2)33(27,28)19-9-7-8-17(12-19)23(26)31-14-18-15-32-22(24-18)16-10-11-20(29-3)21(13-16)30-4/h7-13,15H,5-6,14H2,1-4H3. The Bertz CT molecular complexity index is 1220. The molecule has 0 bridgehead atoms. The fourth-order valence-corrected chi connectivity index (χ4v) is 5.50. The first-order chi connectivity index (χ1) is 15.8. The van der Waals surface area contributed by atoms with E-state index in [2.05, 4.69) is 4.98 Å². The second-order valence-corrected chi connectivity index (χ2v) is 9.70. The van der Waals surface area contributed by atoms with Gasteiger partial charge in [-0.3, -0.25) is 0 Å². The van der Waals surface area contributed by atoms with E-state index in [1.54, 1.807) is 39.5 Å². The molecule has 2 aromatic carbocycles. The summed E-state index contributed by atoms with van der Waals surface area (Å²) in [6.45, 7) is 4.20. The van der Waals surface area contributed by atoms with Gasteiger partial charge in [0.2, 0.25) is 10.0 Å². The summed E-state index contributed by atoms with van der Waals surface area (Å²) in [6.07, 6.45) is 0. The molecule has 0 N–H and O–H groups in total. The van der Waals surface area contributed by atoms with Crippen LogP contribution < -0.4 is 9.47 Å². The number of aromatic nitrogens is 1. The molecule has 3 rings (SSSR count). The predicted octanol–water partition coefficient (Wildman–Crippen LogP) is 4.21. The normalized spacial score (nSPS) is 11.4. The van der Waals surface area contributed by atoms with Crippen molar-refractivity contribution in [2.45, 2.75) is 25.3 Å². The van der Waals surface area contributed by atoms with Crippen molar-refractivity contribution in [1.82, 2.24) is 9.29 Å². The second-order valence-electron chi connectivity index (χ2n) is 6.91. The average Bonchev–Trinajstić information content (AvgIpc) is 3.31. The smallest absolute Gasteiger partial charge is 0.338 e. The van der Waals surface area contributed by atoms with Gasteiger partial charge in [0.25, 0.3) is 0 Å². The monoisotopic (exact) mass is 490 g/mol. The summed E-state index contributed by atoms with van der Waals surface area (Å²) in [5.41, 5.74) is 1.60. The highest BCUT2D eigenvalue weighted by Gasteiger charge is 2.23. The maximum Gasteiger partial charge on any atom is 0.338 e. The van der Waals surface area contributed by atoms with Crippen molar-refractivity contribution in [1.29, 1.82) is 0 Å². The fraction of sp³-hybridized carbons (Fsp3) is 0.304. The summed E-state index contributed by atoms with van der Waals surface area (Å²) in [4.78, 5) is 17.1. The van der Waals surface area contributed by atoms with Crippen LogP contribution in [0.2, 0.25) is 0 Å². The number of esters is 1. The minimum atomic E-state index is -3.67. The van der Waals surface area contributed by atoms with E-state index in [4.69, 9.17) is 14.2 Å². The average molecular weight is 491 g/mol. The van der Waals surface area contributed by atoms with Crippen LogP contribution in [0.1, 0.15) is 29.9 Å². The molecule has 33 heavy (non-hydrogen) atoms. The van der Waals surface area contributed by atoms with E-state index >= 15 is 0 Å². The van der Waals surface area contributed by atoms with Gasteiger partial charge in [-0.15, -0.1) is 11.3 Å². The Morgan fingerprint density at radius 1 is 1.03 bits per heavy atom. The van der Waals surface area contributed by atoms with Gasteiger partial charge in [-0.1, -0.05) is 19.9 Å². The molecule has 0 amide bonds. The Morgan fingerprint density at radius 3 is 2.42 bits per heavy atom. The van der Waals surface area contributed by atoms with E-state index < -0.39 is 16.0 Å². The molecule has 8 nitrogen and oxygen atoms in total. The zero-order valence-corrected chi connectivity index (χ0v) is 20.5. The van der Waals surface area contributed by atoms with Crippen LogP contribution in [0.25, 0.3) is 10.6 Å². The van der Waals surface area contributed by atoms with Crippen molar-refractivity contribution in [2.75, 3.05) is 27.3 Å². The molecule has 3 aromatic rings. The van der Waals surface area contributed by atoms with Crippen molar-refractivity contribution in [3.05, 3.63) is 59.1 Å². The van der Waals surface area contributed by atoms with Crippen LogP contribution in [-0.2, 0) is 21.4 Å². The van der Waals surface area contributed by atoms with Crippen LogP contribution >= 0.6 is 11.3 Å². The number of hydrogen-bond donors (Lipinski definition) is 0. The van der Waals surface area contributed by atoms with Gasteiger partial charge in [0.1, 0.15) is 11.6 Å². The van der Waals surface area contributed by atoms with Gasteiger partial charge in [0.05, 0.1) is 30.4 Å². The largest absolute Gasteiger partial charge is 0.493 e. The second kappa shape index (κ2) is 10.8. The van der Waals surface area contributed by atoms with Crippen LogP contribution in [0.3, 0.4) is 0 Å². The van der Waals surface area contributed by atoms with Crippen molar-refractivity contribution in [3.8, 4) is 22.1 Å². The minimum Gasteiger partial charge on any atom is -0.493 e. The first-order valence-corrected chi connectivity index (χ1v) is 12.6. The van der Waals surface area contributed by atoms with Crippen LogP contribution in [0.4, 0.5) is 0 Å². The molecular formula is C23H26N2O6S2. The van der Waals surface area contributed by atoms with E-state index in [1.165, 1.54) is 39.9 Å². The number of carbonyl (C=O) groups excluding carboxylic acids is 1. The third-order valence-corrected chi connectivity index (χ3v) is 7.93. The number of benzene rings is 2. The Balaban J connectivity index is 1.71. The number of hydrogen-bond acceptors (Lipinski definition) is 8. The Labute approximate surface area is 197 Å². The molecule has 10 heteroatoms. The topological polar surface area (TPSA) is 95.0 Å². The van der Waals surface area contributed by atoms with Gasteiger partial charge >= 0.3 is 5.97 Å². The number of rotatable bonds is 10. The van der Waals surface area contributed by atoms with E-state index in [0.29, 0.717) is 30.3 Å². The maximum absolute atomic E-state index is 12.7. The molecule has 0 saturated heterocycles. The van der Waals surface area contributed by atoms with Gasteiger partial charge in [-0.25, -0.2) is 18.2 Å². The minimum absolute atomic E-state index is 0.0321. The van der Waals surface area contributed by atoms with Gasteiger partial charge in [0.15, 0.2) is 11.5 Å². The van der Waals surface area contributed by atoms with Crippen molar-refractivity contribution in [2.24, 2.45) is 0 Å². The number of ether oxygens (including phenoxy) is 3. The van der Waals surface area contributed by atoms with E-state index in [9.17, 15) is 13.2 Å². The molecule has 176 valence electrons. The number of sulfonamides is 1. The van der Waals surface area contributed by atoms with Gasteiger partial charge in [-0.2, -0.15) is 4.31 Å². The molecule has 0 spiro atoms. The highest BCUT2D eigenvalue weighted by Crippen LogP contribution is 2.33. The van der Waals surface area contributed by atoms with Crippen LogP contribution in [-0.4, -0.2) is 51.0 Å². The summed E-state index contributed by atoms with van der Waals surface area (Å²) < 4.78 is 42.7. The number of nitrogens with zero attached hydrogens (tertiary/aromatic N) is 2. The summed E-state index contributed by atoms with van der Waals surface area (Å²) in [5, 5.41) is 2.55. The molecule has 0 aliphatic heterocycles. The lowest BCUT2D eigenvalue weighted by molar-refractivity contribution is 0.0468. The predicted molar refractivity (Wildman–Crippen MR) is 126 cm³/mol. The van der Waals surface area contributed by atoms with Crippen molar-refractivity contribution >= 4 is 27.3 Å². The summed E-state index contributed by atoms with van der Waals surface area (Å²) in [6, 6.07) is 11.4. The molecule has 0 aliphatic carbocycles. The van der Waals surface area contributed by atoms with E-state index in [-0.39, 0.29) is 17.1 Å². The summed E-state index contributed by atoms with van der Waals surface area (Å²) >= 11 is 1.41. The summed E-state index contributed by atoms with van der Waals surface area (Å²) in [7, 11) is -0.529. The van der Waals surface area contributed by atoms with Crippen molar-refractivity contribution < 1.29 is 27.4 Å². The van der Waals surface area contributed by atoms with Gasteiger partial charge in [0, 0.05) is 24.0 Å². The Hall–Kier alpha value is -2.95. The molecule has 0 radical (unpaired) electrons. The third-order valence-electron chi connectivity index (χ3n) is 4.95. The van der Waals surface area contributed by atoms with Crippen LogP contribution in [0, 0.1) is 0 Å². The number of methoxy groups -OCH3 is 2. The zero-order valence-electron chi connectivity index (χ0n) is 18.9. The first-order valence-electron chi connectivity index (χ1n) is 10.3. The van der Waals surface area contributed by atoms with Crippen LogP contribution in [0.5, 0.6) is 11.5 Å². The molecular weight excluding hydrogens is 464 g/mol. The highest BCUT2D eigenvalue weighted by molar-refractivity contribution is 7.89. The van der Waals surface area contributed by atoms with E-state index in [0.717, 1.165) is 10.6 Å². The molecule has 0 fully saturated rings.